The molecule has 4 nitrogen and oxygen atoms in total. The number of thioether (sulfide) groups is 1. The van der Waals surface area contributed by atoms with E-state index >= 15 is 0 Å². The summed E-state index contributed by atoms with van der Waals surface area (Å²) in [6, 6.07) is 8.67. The van der Waals surface area contributed by atoms with Gasteiger partial charge in [-0.15, -0.1) is 0 Å². The number of carboxylic acid groups (broad SMARTS) is 1. The Hall–Kier alpha value is -1.92. The number of allylic oxidation sites excluding steroid dienone is 2. The van der Waals surface area contributed by atoms with Crippen molar-refractivity contribution in [3.05, 3.63) is 53.0 Å². The van der Waals surface area contributed by atoms with E-state index in [1.54, 1.807) is 12.2 Å². The minimum absolute atomic E-state index is 0.261. The minimum Gasteiger partial charge on any atom is -0.548 e. The molecule has 1 aliphatic heterocycles. The number of benzene rings is 1. The fraction of sp³-hybridized carbons (Fsp3) is 0.235. The monoisotopic (exact) mass is 346 g/mol. The molecule has 1 atom stereocenters. The molecule has 2 rings (SSSR count). The van der Waals surface area contributed by atoms with E-state index in [2.05, 4.69) is 0 Å². The molecule has 0 unspecified atom stereocenters. The maximum absolute atomic E-state index is 12.4. The fourth-order valence-corrected chi connectivity index (χ4v) is 3.51. The molecule has 1 aromatic rings. The number of amides is 1. The van der Waals surface area contributed by atoms with E-state index in [0.29, 0.717) is 17.7 Å². The van der Waals surface area contributed by atoms with Gasteiger partial charge in [0.1, 0.15) is 4.32 Å². The van der Waals surface area contributed by atoms with Crippen LogP contribution in [0.5, 0.6) is 0 Å². The molecular weight excluding hydrogens is 330 g/mol. The Morgan fingerprint density at radius 3 is 2.70 bits per heavy atom. The average Bonchev–Trinajstić information content (AvgIpc) is 2.80. The predicted octanol–water partition coefficient (Wildman–Crippen LogP) is 2.36. The van der Waals surface area contributed by atoms with Gasteiger partial charge in [0.05, 0.1) is 16.9 Å². The van der Waals surface area contributed by atoms with Crippen LogP contribution in [0.2, 0.25) is 0 Å². The molecular formula is C17H16NO3S2-. The highest BCUT2D eigenvalue weighted by Gasteiger charge is 2.37. The predicted molar refractivity (Wildman–Crippen MR) is 94.3 cm³/mol. The first-order valence-corrected chi connectivity index (χ1v) is 8.46. The molecule has 0 N–H and O–H groups in total. The Morgan fingerprint density at radius 1 is 1.39 bits per heavy atom. The lowest BCUT2D eigenvalue weighted by molar-refractivity contribution is -0.310. The van der Waals surface area contributed by atoms with Crippen LogP contribution < -0.4 is 5.11 Å². The second-order valence-electron chi connectivity index (χ2n) is 4.97. The Labute approximate surface area is 144 Å². The number of aliphatic carboxylic acids is 1. The van der Waals surface area contributed by atoms with E-state index < -0.39 is 12.0 Å². The van der Waals surface area contributed by atoms with Crippen LogP contribution in [0.4, 0.5) is 0 Å². The van der Waals surface area contributed by atoms with Gasteiger partial charge in [-0.25, -0.2) is 0 Å². The van der Waals surface area contributed by atoms with E-state index in [-0.39, 0.29) is 10.2 Å². The lowest BCUT2D eigenvalue weighted by Gasteiger charge is -2.27. The summed E-state index contributed by atoms with van der Waals surface area (Å²) in [4.78, 5) is 25.2. The van der Waals surface area contributed by atoms with Gasteiger partial charge in [0.25, 0.3) is 5.91 Å². The van der Waals surface area contributed by atoms with Crippen LogP contribution in [0.3, 0.4) is 0 Å². The van der Waals surface area contributed by atoms with Gasteiger partial charge in [0, 0.05) is 0 Å². The van der Waals surface area contributed by atoms with Crippen molar-refractivity contribution in [2.24, 2.45) is 0 Å². The van der Waals surface area contributed by atoms with Gasteiger partial charge in [-0.1, -0.05) is 79.8 Å². The summed E-state index contributed by atoms with van der Waals surface area (Å²) in [5, 5.41) is 11.3. The van der Waals surface area contributed by atoms with Gasteiger partial charge in [-0.2, -0.15) is 0 Å². The number of carboxylic acids is 1. The van der Waals surface area contributed by atoms with Gasteiger partial charge in [0.15, 0.2) is 0 Å². The third-order valence-corrected chi connectivity index (χ3v) is 4.65. The Kier molecular flexibility index (Phi) is 6.12. The standard InChI is InChI=1S/C17H17NO3S2/c1-2-7-13(16(20)21)18-15(19)14(23-17(18)22)11-6-10-12-8-4-3-5-9-12/h3-6,8-11,13H,2,7H2,1H3,(H,20,21)/p-1/b10-6+,14-11-/t13-/m1/s1. The quantitative estimate of drug-likeness (QED) is 0.584. The molecule has 1 aromatic carbocycles. The van der Waals surface area contributed by atoms with Crippen LogP contribution in [0.1, 0.15) is 25.3 Å². The zero-order valence-corrected chi connectivity index (χ0v) is 14.2. The molecule has 0 aliphatic carbocycles. The molecule has 1 fully saturated rings. The molecule has 6 heteroatoms. The lowest BCUT2D eigenvalue weighted by Crippen LogP contribution is -2.49. The summed E-state index contributed by atoms with van der Waals surface area (Å²) in [5.41, 5.74) is 1.01. The zero-order chi connectivity index (χ0) is 16.8. The molecule has 23 heavy (non-hydrogen) atoms. The Bertz CT molecular complexity index is 668. The summed E-state index contributed by atoms with van der Waals surface area (Å²) in [6.07, 6.45) is 6.24. The number of hydrogen-bond donors (Lipinski definition) is 0. The Morgan fingerprint density at radius 2 is 2.09 bits per heavy atom. The van der Waals surface area contributed by atoms with Crippen LogP contribution in [0.15, 0.2) is 47.4 Å². The van der Waals surface area contributed by atoms with Gasteiger partial charge >= 0.3 is 0 Å². The lowest BCUT2D eigenvalue weighted by atomic mass is 10.1. The van der Waals surface area contributed by atoms with E-state index in [0.717, 1.165) is 22.2 Å². The Balaban J connectivity index is 2.15. The zero-order valence-electron chi connectivity index (χ0n) is 12.6. The third kappa shape index (κ3) is 4.30. The van der Waals surface area contributed by atoms with Crippen molar-refractivity contribution in [1.29, 1.82) is 0 Å². The van der Waals surface area contributed by atoms with E-state index in [4.69, 9.17) is 12.2 Å². The first-order valence-electron chi connectivity index (χ1n) is 7.24. The summed E-state index contributed by atoms with van der Waals surface area (Å²) < 4.78 is 0.261. The second-order valence-corrected chi connectivity index (χ2v) is 6.64. The first-order chi connectivity index (χ1) is 11.0. The molecule has 0 spiro atoms. The topological polar surface area (TPSA) is 60.4 Å². The highest BCUT2D eigenvalue weighted by molar-refractivity contribution is 8.26. The number of rotatable bonds is 6. The number of carbonyl (C=O) groups excluding carboxylic acids is 2. The molecule has 0 saturated carbocycles. The van der Waals surface area contributed by atoms with Crippen molar-refractivity contribution in [1.82, 2.24) is 4.90 Å². The summed E-state index contributed by atoms with van der Waals surface area (Å²) in [5.74, 6) is -1.65. The number of carbonyl (C=O) groups is 2. The van der Waals surface area contributed by atoms with Crippen LogP contribution in [-0.4, -0.2) is 27.1 Å². The summed E-state index contributed by atoms with van der Waals surface area (Å²) in [7, 11) is 0. The highest BCUT2D eigenvalue weighted by atomic mass is 32.2. The van der Waals surface area contributed by atoms with Crippen molar-refractivity contribution >= 4 is 46.3 Å². The molecule has 1 heterocycles. The fourth-order valence-electron chi connectivity index (χ4n) is 2.20. The van der Waals surface area contributed by atoms with E-state index in [1.165, 1.54) is 0 Å². The summed E-state index contributed by atoms with van der Waals surface area (Å²) in [6.45, 7) is 1.85. The molecule has 0 radical (unpaired) electrons. The minimum atomic E-state index is -1.27. The van der Waals surface area contributed by atoms with Gasteiger partial charge < -0.3 is 9.90 Å². The highest BCUT2D eigenvalue weighted by Crippen LogP contribution is 2.33. The molecule has 0 aromatic heterocycles. The van der Waals surface area contributed by atoms with Crippen LogP contribution in [-0.2, 0) is 9.59 Å². The van der Waals surface area contributed by atoms with Gasteiger partial charge in [0.2, 0.25) is 0 Å². The molecule has 120 valence electrons. The second kappa shape index (κ2) is 8.08. The molecule has 1 amide bonds. The van der Waals surface area contributed by atoms with Crippen molar-refractivity contribution in [3.8, 4) is 0 Å². The van der Waals surface area contributed by atoms with Crippen LogP contribution in [0.25, 0.3) is 6.08 Å². The van der Waals surface area contributed by atoms with Crippen molar-refractivity contribution in [2.45, 2.75) is 25.8 Å². The maximum Gasteiger partial charge on any atom is 0.266 e. The van der Waals surface area contributed by atoms with Crippen molar-refractivity contribution in [2.75, 3.05) is 0 Å². The molecule has 1 aliphatic rings. The normalized spacial score (nSPS) is 18.1. The van der Waals surface area contributed by atoms with Crippen LogP contribution in [0, 0.1) is 0 Å². The van der Waals surface area contributed by atoms with Crippen molar-refractivity contribution < 1.29 is 14.7 Å². The van der Waals surface area contributed by atoms with E-state index in [9.17, 15) is 14.7 Å². The number of thiocarbonyl (C=S) groups is 1. The number of nitrogens with zero attached hydrogens (tertiary/aromatic N) is 1. The first kappa shape index (κ1) is 17.4. The van der Waals surface area contributed by atoms with E-state index in [1.807, 2.05) is 43.3 Å². The SMILES string of the molecule is CCC[C@H](C(=O)[O-])N1C(=O)/C(=C/C=C/c2ccccc2)SC1=S. The number of hydrogen-bond acceptors (Lipinski definition) is 5. The van der Waals surface area contributed by atoms with Gasteiger partial charge in [-0.05, 0) is 18.1 Å². The van der Waals surface area contributed by atoms with Gasteiger partial charge in [-0.3, -0.25) is 9.69 Å². The summed E-state index contributed by atoms with van der Waals surface area (Å²) >= 11 is 6.28. The third-order valence-electron chi connectivity index (χ3n) is 3.31. The average molecular weight is 346 g/mol. The maximum atomic E-state index is 12.4. The van der Waals surface area contributed by atoms with Crippen LogP contribution >= 0.6 is 24.0 Å². The largest absolute Gasteiger partial charge is 0.548 e. The van der Waals surface area contributed by atoms with Crippen molar-refractivity contribution in [3.63, 3.8) is 0 Å². The smallest absolute Gasteiger partial charge is 0.266 e. The molecule has 1 saturated heterocycles. The molecule has 0 bridgehead atoms.